The van der Waals surface area contributed by atoms with Crippen molar-refractivity contribution in [3.63, 3.8) is 0 Å². The summed E-state index contributed by atoms with van der Waals surface area (Å²) in [6.07, 6.45) is 1.12. The summed E-state index contributed by atoms with van der Waals surface area (Å²) in [6, 6.07) is 7.66. The number of aromatic nitrogens is 1. The second-order valence-electron chi connectivity index (χ2n) is 3.82. The molecule has 0 bridgehead atoms. The lowest BCUT2D eigenvalue weighted by Crippen LogP contribution is -2.26. The zero-order chi connectivity index (χ0) is 14.0. The number of hydrogen-bond acceptors (Lipinski definition) is 2. The summed E-state index contributed by atoms with van der Waals surface area (Å²) in [5, 5.41) is 8.38. The van der Waals surface area contributed by atoms with Crippen LogP contribution in [0.4, 0.5) is 13.2 Å². The maximum atomic E-state index is 13.2. The summed E-state index contributed by atoms with van der Waals surface area (Å²) in [4.78, 5) is 13.8. The maximum Gasteiger partial charge on any atom is 0.384 e. The molecule has 0 aliphatic rings. The Morgan fingerprint density at radius 3 is 2.11 bits per heavy atom. The van der Waals surface area contributed by atoms with Gasteiger partial charge in [-0.3, -0.25) is 4.98 Å². The molecule has 0 aliphatic heterocycles. The first kappa shape index (κ1) is 13.1. The Morgan fingerprint density at radius 1 is 1.05 bits per heavy atom. The van der Waals surface area contributed by atoms with E-state index in [2.05, 4.69) is 4.98 Å². The average molecular weight is 267 g/mol. The zero-order valence-corrected chi connectivity index (χ0v) is 9.48. The molecule has 0 atom stereocenters. The maximum absolute atomic E-state index is 13.2. The van der Waals surface area contributed by atoms with Crippen LogP contribution in [0, 0.1) is 5.82 Å². The number of pyridine rings is 1. The number of carbonyl (C=O) groups is 1. The SMILES string of the molecule is O=C(O)C(F)(F)c1ccc(-c2ccc(F)cc2)cn1. The first-order chi connectivity index (χ1) is 8.91. The average Bonchev–Trinajstić information content (AvgIpc) is 2.39. The van der Waals surface area contributed by atoms with Crippen molar-refractivity contribution in [2.24, 2.45) is 0 Å². The first-order valence-electron chi connectivity index (χ1n) is 5.25. The molecule has 0 unspecified atom stereocenters. The molecular weight excluding hydrogens is 259 g/mol. The molecule has 0 saturated carbocycles. The Bertz CT molecular complexity index is 594. The van der Waals surface area contributed by atoms with E-state index < -0.39 is 23.4 Å². The summed E-state index contributed by atoms with van der Waals surface area (Å²) in [6.45, 7) is 0. The molecule has 1 aromatic heterocycles. The third-order valence-electron chi connectivity index (χ3n) is 2.53. The van der Waals surface area contributed by atoms with Crippen molar-refractivity contribution in [2.75, 3.05) is 0 Å². The molecule has 98 valence electrons. The van der Waals surface area contributed by atoms with Gasteiger partial charge in [0, 0.05) is 11.8 Å². The fraction of sp³-hybridized carbons (Fsp3) is 0.0769. The lowest BCUT2D eigenvalue weighted by atomic mass is 10.1. The lowest BCUT2D eigenvalue weighted by molar-refractivity contribution is -0.166. The molecule has 1 N–H and O–H groups in total. The van der Waals surface area contributed by atoms with Gasteiger partial charge in [-0.2, -0.15) is 8.78 Å². The van der Waals surface area contributed by atoms with Crippen molar-refractivity contribution in [2.45, 2.75) is 5.92 Å². The molecule has 0 radical (unpaired) electrons. The number of halogens is 3. The van der Waals surface area contributed by atoms with Gasteiger partial charge >= 0.3 is 11.9 Å². The highest BCUT2D eigenvalue weighted by atomic mass is 19.3. The van der Waals surface area contributed by atoms with Gasteiger partial charge in [-0.25, -0.2) is 9.18 Å². The van der Waals surface area contributed by atoms with Gasteiger partial charge in [0.05, 0.1) is 0 Å². The van der Waals surface area contributed by atoms with E-state index in [1.165, 1.54) is 30.3 Å². The van der Waals surface area contributed by atoms with Crippen LogP contribution in [0.25, 0.3) is 11.1 Å². The molecule has 0 amide bonds. The van der Waals surface area contributed by atoms with Crippen molar-refractivity contribution in [3.05, 3.63) is 54.1 Å². The molecule has 0 saturated heterocycles. The van der Waals surface area contributed by atoms with Crippen molar-refractivity contribution >= 4 is 5.97 Å². The van der Waals surface area contributed by atoms with Gasteiger partial charge in [-0.15, -0.1) is 0 Å². The van der Waals surface area contributed by atoms with E-state index in [4.69, 9.17) is 5.11 Å². The monoisotopic (exact) mass is 267 g/mol. The van der Waals surface area contributed by atoms with Gasteiger partial charge in [-0.1, -0.05) is 18.2 Å². The summed E-state index contributed by atoms with van der Waals surface area (Å²) in [5.74, 6) is -6.69. The predicted molar refractivity (Wildman–Crippen MR) is 61.2 cm³/mol. The standard InChI is InChI=1S/C13H8F3NO2/c14-10-4-1-8(2-5-10)9-3-6-11(17-7-9)13(15,16)12(18)19/h1-7H,(H,18,19). The molecule has 1 heterocycles. The Morgan fingerprint density at radius 2 is 1.63 bits per heavy atom. The Balaban J connectivity index is 2.33. The minimum absolute atomic E-state index is 0.411. The molecule has 2 aromatic rings. The van der Waals surface area contributed by atoms with Gasteiger partial charge in [0.1, 0.15) is 11.5 Å². The summed E-state index contributed by atoms with van der Waals surface area (Å²) in [7, 11) is 0. The van der Waals surface area contributed by atoms with E-state index in [0.29, 0.717) is 11.1 Å². The minimum Gasteiger partial charge on any atom is -0.476 e. The van der Waals surface area contributed by atoms with Crippen LogP contribution in [0.5, 0.6) is 0 Å². The first-order valence-corrected chi connectivity index (χ1v) is 5.25. The molecule has 19 heavy (non-hydrogen) atoms. The molecule has 2 rings (SSSR count). The second kappa shape index (κ2) is 4.72. The number of benzene rings is 1. The van der Waals surface area contributed by atoms with Gasteiger partial charge < -0.3 is 5.11 Å². The van der Waals surface area contributed by atoms with Gasteiger partial charge in [0.15, 0.2) is 0 Å². The highest BCUT2D eigenvalue weighted by molar-refractivity contribution is 5.76. The molecule has 6 heteroatoms. The van der Waals surface area contributed by atoms with Crippen molar-refractivity contribution in [3.8, 4) is 11.1 Å². The van der Waals surface area contributed by atoms with E-state index in [-0.39, 0.29) is 0 Å². The van der Waals surface area contributed by atoms with E-state index in [1.807, 2.05) is 0 Å². The number of nitrogens with zero attached hydrogens (tertiary/aromatic N) is 1. The topological polar surface area (TPSA) is 50.2 Å². The number of hydrogen-bond donors (Lipinski definition) is 1. The Kier molecular flexibility index (Phi) is 3.25. The van der Waals surface area contributed by atoms with E-state index in [0.717, 1.165) is 12.3 Å². The van der Waals surface area contributed by atoms with Gasteiger partial charge in [0.2, 0.25) is 0 Å². The van der Waals surface area contributed by atoms with Crippen LogP contribution in [0.3, 0.4) is 0 Å². The van der Waals surface area contributed by atoms with Crippen LogP contribution in [-0.4, -0.2) is 16.1 Å². The van der Waals surface area contributed by atoms with Crippen molar-refractivity contribution < 1.29 is 23.1 Å². The van der Waals surface area contributed by atoms with Crippen LogP contribution < -0.4 is 0 Å². The minimum atomic E-state index is -4.03. The van der Waals surface area contributed by atoms with Crippen LogP contribution in [0.1, 0.15) is 5.69 Å². The quantitative estimate of drug-likeness (QED) is 0.929. The van der Waals surface area contributed by atoms with Gasteiger partial charge in [0.25, 0.3) is 0 Å². The normalized spacial score (nSPS) is 11.3. The van der Waals surface area contributed by atoms with E-state index >= 15 is 0 Å². The van der Waals surface area contributed by atoms with Gasteiger partial charge in [-0.05, 0) is 23.8 Å². The molecule has 0 fully saturated rings. The molecule has 0 spiro atoms. The number of carboxylic acids is 1. The fourth-order valence-corrected chi connectivity index (χ4v) is 1.50. The van der Waals surface area contributed by atoms with Crippen molar-refractivity contribution in [1.82, 2.24) is 4.98 Å². The van der Waals surface area contributed by atoms with Crippen LogP contribution >= 0.6 is 0 Å². The summed E-state index contributed by atoms with van der Waals surface area (Å²) >= 11 is 0. The third-order valence-corrected chi connectivity index (χ3v) is 2.53. The Hall–Kier alpha value is -2.37. The number of carboxylic acid groups (broad SMARTS) is 1. The van der Waals surface area contributed by atoms with Crippen LogP contribution in [0.2, 0.25) is 0 Å². The molecular formula is C13H8F3NO2. The largest absolute Gasteiger partial charge is 0.476 e. The predicted octanol–water partition coefficient (Wildman–Crippen LogP) is 3.06. The number of rotatable bonds is 3. The highest BCUT2D eigenvalue weighted by Crippen LogP contribution is 2.28. The van der Waals surface area contributed by atoms with Crippen LogP contribution in [-0.2, 0) is 10.7 Å². The fourth-order valence-electron chi connectivity index (χ4n) is 1.50. The Labute approximate surface area is 106 Å². The second-order valence-corrected chi connectivity index (χ2v) is 3.82. The molecule has 3 nitrogen and oxygen atoms in total. The summed E-state index contributed by atoms with van der Waals surface area (Å²) in [5.41, 5.74) is 0.245. The van der Waals surface area contributed by atoms with Crippen LogP contribution in [0.15, 0.2) is 42.6 Å². The lowest BCUT2D eigenvalue weighted by Gasteiger charge is -2.10. The third kappa shape index (κ3) is 2.57. The zero-order valence-electron chi connectivity index (χ0n) is 9.48. The van der Waals surface area contributed by atoms with E-state index in [9.17, 15) is 18.0 Å². The highest BCUT2D eigenvalue weighted by Gasteiger charge is 2.42. The van der Waals surface area contributed by atoms with E-state index in [1.54, 1.807) is 0 Å². The molecule has 0 aliphatic carbocycles. The summed E-state index contributed by atoms with van der Waals surface area (Å²) < 4.78 is 39.0. The number of alkyl halides is 2. The van der Waals surface area contributed by atoms with Crippen molar-refractivity contribution in [1.29, 1.82) is 0 Å². The number of aliphatic carboxylic acids is 1. The molecule has 1 aromatic carbocycles. The smallest absolute Gasteiger partial charge is 0.384 e.